The zero-order valence-corrected chi connectivity index (χ0v) is 12.0. The van der Waals surface area contributed by atoms with Crippen LogP contribution < -0.4 is 0 Å². The number of ether oxygens (including phenoxy) is 1. The molecule has 0 radical (unpaired) electrons. The molecule has 0 aliphatic rings. The highest BCUT2D eigenvalue weighted by atomic mass is 35.5. The number of hydrogen-bond donors (Lipinski definition) is 0. The van der Waals surface area contributed by atoms with Crippen molar-refractivity contribution < 1.29 is 9.53 Å². The minimum absolute atomic E-state index is 0.239. The normalized spacial score (nSPS) is 9.57. The van der Waals surface area contributed by atoms with E-state index >= 15 is 0 Å². The van der Waals surface area contributed by atoms with E-state index in [1.807, 2.05) is 60.8 Å². The molecule has 1 aromatic heterocycles. The van der Waals surface area contributed by atoms with E-state index in [4.69, 9.17) is 11.6 Å². The average Bonchev–Trinajstić information content (AvgIpc) is 2.55. The lowest BCUT2D eigenvalue weighted by Gasteiger charge is -1.98. The van der Waals surface area contributed by atoms with Crippen LogP contribution in [0.2, 0.25) is 0 Å². The Labute approximate surface area is 128 Å². The van der Waals surface area contributed by atoms with Crippen LogP contribution in [0.4, 0.5) is 4.79 Å². The largest absolute Gasteiger partial charge is 0.449 e. The Kier molecular flexibility index (Phi) is 5.73. The summed E-state index contributed by atoms with van der Waals surface area (Å²) in [6.45, 7) is 0.239. The molecule has 4 heteroatoms. The zero-order valence-electron chi connectivity index (χ0n) is 11.3. The summed E-state index contributed by atoms with van der Waals surface area (Å²) < 4.78 is 4.55. The molecule has 3 aromatic rings. The number of rotatable bonds is 2. The van der Waals surface area contributed by atoms with Crippen LogP contribution in [0, 0.1) is 0 Å². The number of pyridine rings is 1. The van der Waals surface area contributed by atoms with Crippen molar-refractivity contribution in [2.45, 2.75) is 6.61 Å². The molecule has 0 bridgehead atoms. The van der Waals surface area contributed by atoms with Gasteiger partial charge in [0.2, 0.25) is 0 Å². The number of carbonyl (C=O) groups is 1. The Hall–Kier alpha value is -2.39. The summed E-state index contributed by atoms with van der Waals surface area (Å²) in [7, 11) is 0. The van der Waals surface area contributed by atoms with Crippen molar-refractivity contribution in [3.05, 3.63) is 78.5 Å². The van der Waals surface area contributed by atoms with E-state index in [-0.39, 0.29) is 6.61 Å². The molecule has 106 valence electrons. The van der Waals surface area contributed by atoms with Crippen LogP contribution in [0.5, 0.6) is 0 Å². The highest BCUT2D eigenvalue weighted by molar-refractivity contribution is 6.61. The first-order valence-corrected chi connectivity index (χ1v) is 6.79. The van der Waals surface area contributed by atoms with Crippen LogP contribution in [-0.2, 0) is 11.3 Å². The maximum absolute atomic E-state index is 10.2. The fraction of sp³-hybridized carbons (Fsp3) is 0.0588. The quantitative estimate of drug-likeness (QED) is 0.638. The van der Waals surface area contributed by atoms with Gasteiger partial charge in [0.05, 0.1) is 5.52 Å². The van der Waals surface area contributed by atoms with Gasteiger partial charge in [-0.1, -0.05) is 54.6 Å². The Bertz CT molecular complexity index is 636. The van der Waals surface area contributed by atoms with Gasteiger partial charge in [0.25, 0.3) is 0 Å². The lowest BCUT2D eigenvalue weighted by molar-refractivity contribution is 0.167. The highest BCUT2D eigenvalue weighted by Gasteiger charge is 1.95. The molecule has 0 unspecified atom stereocenters. The van der Waals surface area contributed by atoms with Gasteiger partial charge in [-0.2, -0.15) is 0 Å². The summed E-state index contributed by atoms with van der Waals surface area (Å²) in [6, 6.07) is 21.4. The molecule has 3 rings (SSSR count). The summed E-state index contributed by atoms with van der Waals surface area (Å²) in [5.41, 5.74) is 1.22. The van der Waals surface area contributed by atoms with Crippen LogP contribution >= 0.6 is 11.6 Å². The number of nitrogens with zero attached hydrogens (tertiary/aromatic N) is 1. The van der Waals surface area contributed by atoms with Gasteiger partial charge in [-0.25, -0.2) is 4.79 Å². The molecule has 0 aliphatic carbocycles. The summed E-state index contributed by atoms with van der Waals surface area (Å²) in [5, 5.41) is 1.20. The number of benzene rings is 2. The van der Waals surface area contributed by atoms with Gasteiger partial charge in [-0.15, -0.1) is 0 Å². The molecular weight excluding hydrogens is 286 g/mol. The number of hydrogen-bond acceptors (Lipinski definition) is 3. The molecule has 21 heavy (non-hydrogen) atoms. The maximum atomic E-state index is 10.2. The Morgan fingerprint density at radius 2 is 1.62 bits per heavy atom. The van der Waals surface area contributed by atoms with Crippen LogP contribution in [-0.4, -0.2) is 10.4 Å². The average molecular weight is 300 g/mol. The Morgan fingerprint density at radius 1 is 0.952 bits per heavy atom. The zero-order chi connectivity index (χ0) is 14.9. The molecule has 1 heterocycles. The molecule has 0 N–H and O–H groups in total. The summed E-state index contributed by atoms with van der Waals surface area (Å²) >= 11 is 4.97. The fourth-order valence-electron chi connectivity index (χ4n) is 1.73. The van der Waals surface area contributed by atoms with Gasteiger partial charge < -0.3 is 4.74 Å². The standard InChI is InChI=1S/C9H7N.C8H7ClO2/c1-2-6-9-8(4-1)5-3-7-10-9;9-8(10)11-6-7-4-2-1-3-5-7/h1-7H;1-5H,6H2. The summed E-state index contributed by atoms with van der Waals surface area (Å²) in [4.78, 5) is 14.3. The monoisotopic (exact) mass is 299 g/mol. The maximum Gasteiger partial charge on any atom is 0.404 e. The topological polar surface area (TPSA) is 39.2 Å². The van der Waals surface area contributed by atoms with Crippen molar-refractivity contribution in [1.29, 1.82) is 0 Å². The van der Waals surface area contributed by atoms with Gasteiger partial charge in [0.15, 0.2) is 0 Å². The Morgan fingerprint density at radius 3 is 2.33 bits per heavy atom. The van der Waals surface area contributed by atoms with Crippen molar-refractivity contribution in [2.24, 2.45) is 0 Å². The van der Waals surface area contributed by atoms with Crippen LogP contribution in [0.25, 0.3) is 10.9 Å². The van der Waals surface area contributed by atoms with Gasteiger partial charge in [-0.3, -0.25) is 4.98 Å². The van der Waals surface area contributed by atoms with Gasteiger partial charge in [0, 0.05) is 23.2 Å². The van der Waals surface area contributed by atoms with Crippen molar-refractivity contribution in [1.82, 2.24) is 4.98 Å². The fourth-order valence-corrected chi connectivity index (χ4v) is 1.78. The first kappa shape index (κ1) is 15.0. The van der Waals surface area contributed by atoms with Crippen molar-refractivity contribution in [3.8, 4) is 0 Å². The third-order valence-corrected chi connectivity index (χ3v) is 2.82. The van der Waals surface area contributed by atoms with Crippen LogP contribution in [0.15, 0.2) is 72.9 Å². The van der Waals surface area contributed by atoms with E-state index in [0.717, 1.165) is 11.1 Å². The molecular formula is C17H14ClNO2. The predicted octanol–water partition coefficient (Wildman–Crippen LogP) is 4.80. The molecule has 2 aromatic carbocycles. The second-order valence-corrected chi connectivity index (χ2v) is 4.52. The van der Waals surface area contributed by atoms with Crippen molar-refractivity contribution >= 4 is 27.9 Å². The van der Waals surface area contributed by atoms with E-state index in [2.05, 4.69) is 21.9 Å². The molecule has 0 amide bonds. The number of para-hydroxylation sites is 1. The molecule has 0 saturated carbocycles. The molecule has 3 nitrogen and oxygen atoms in total. The lowest BCUT2D eigenvalue weighted by Crippen LogP contribution is -1.93. The molecule has 0 saturated heterocycles. The third-order valence-electron chi connectivity index (χ3n) is 2.71. The molecule has 0 aliphatic heterocycles. The minimum atomic E-state index is -0.770. The third kappa shape index (κ3) is 5.24. The number of aromatic nitrogens is 1. The number of fused-ring (bicyclic) bond motifs is 1. The number of carbonyl (C=O) groups excluding carboxylic acids is 1. The minimum Gasteiger partial charge on any atom is -0.449 e. The molecule has 0 spiro atoms. The summed E-state index contributed by atoms with van der Waals surface area (Å²) in [5.74, 6) is 0. The van der Waals surface area contributed by atoms with Gasteiger partial charge in [-0.05, 0) is 17.7 Å². The first-order valence-electron chi connectivity index (χ1n) is 6.41. The molecule has 0 fully saturated rings. The molecule has 0 atom stereocenters. The van der Waals surface area contributed by atoms with E-state index in [1.54, 1.807) is 0 Å². The SMILES string of the molecule is O=C(Cl)OCc1ccccc1.c1ccc2ncccc2c1. The van der Waals surface area contributed by atoms with Gasteiger partial charge >= 0.3 is 5.43 Å². The predicted molar refractivity (Wildman–Crippen MR) is 84.2 cm³/mol. The van der Waals surface area contributed by atoms with E-state index < -0.39 is 5.43 Å². The first-order chi connectivity index (χ1) is 10.3. The van der Waals surface area contributed by atoms with Crippen molar-refractivity contribution in [2.75, 3.05) is 0 Å². The van der Waals surface area contributed by atoms with E-state index in [0.29, 0.717) is 0 Å². The Balaban J connectivity index is 0.000000154. The highest BCUT2D eigenvalue weighted by Crippen LogP contribution is 2.07. The van der Waals surface area contributed by atoms with Crippen LogP contribution in [0.1, 0.15) is 5.56 Å². The second kappa shape index (κ2) is 8.02. The smallest absolute Gasteiger partial charge is 0.404 e. The van der Waals surface area contributed by atoms with Crippen LogP contribution in [0.3, 0.4) is 0 Å². The second-order valence-electron chi connectivity index (χ2n) is 4.21. The van der Waals surface area contributed by atoms with E-state index in [9.17, 15) is 4.79 Å². The van der Waals surface area contributed by atoms with Gasteiger partial charge in [0.1, 0.15) is 6.61 Å². The lowest BCUT2D eigenvalue weighted by atomic mass is 10.2. The number of halogens is 1. The van der Waals surface area contributed by atoms with E-state index in [1.165, 1.54) is 5.39 Å². The van der Waals surface area contributed by atoms with Crippen molar-refractivity contribution in [3.63, 3.8) is 0 Å². The summed E-state index contributed by atoms with van der Waals surface area (Å²) in [6.07, 6.45) is 1.81.